The van der Waals surface area contributed by atoms with Crippen LogP contribution in [-0.2, 0) is 6.54 Å². The van der Waals surface area contributed by atoms with Crippen LogP contribution < -0.4 is 5.32 Å². The second-order valence-corrected chi connectivity index (χ2v) is 7.16. The molecule has 0 aliphatic carbocycles. The molecule has 2 rings (SSSR count). The number of carbonyl (C=O) groups excluding carboxylic acids is 1. The average Bonchev–Trinajstić information content (AvgIpc) is 2.73. The fourth-order valence-electron chi connectivity index (χ4n) is 1.98. The van der Waals surface area contributed by atoms with E-state index in [-0.39, 0.29) is 11.7 Å². The molecule has 0 bridgehead atoms. The Morgan fingerprint density at radius 2 is 1.80 bits per heavy atom. The number of aryl methyl sites for hydroxylation is 3. The topological polar surface area (TPSA) is 29.1 Å². The van der Waals surface area contributed by atoms with Crippen LogP contribution in [0.25, 0.3) is 0 Å². The molecular weight excluding hydrogens is 341 g/mol. The van der Waals surface area contributed by atoms with Crippen molar-refractivity contribution in [1.29, 1.82) is 0 Å². The van der Waals surface area contributed by atoms with Gasteiger partial charge in [-0.25, -0.2) is 4.39 Å². The number of hydrogen-bond donors (Lipinski definition) is 1. The van der Waals surface area contributed by atoms with E-state index < -0.39 is 0 Å². The molecule has 0 aliphatic rings. The maximum absolute atomic E-state index is 13.5. The third-order valence-electron chi connectivity index (χ3n) is 3.03. The largest absolute Gasteiger partial charge is 0.347 e. The Hall–Kier alpha value is -1.20. The van der Waals surface area contributed by atoms with Gasteiger partial charge in [-0.2, -0.15) is 0 Å². The van der Waals surface area contributed by atoms with Crippen LogP contribution in [0.2, 0.25) is 0 Å². The van der Waals surface area contributed by atoms with Gasteiger partial charge in [0.15, 0.2) is 0 Å². The van der Waals surface area contributed by atoms with Crippen molar-refractivity contribution in [2.24, 2.45) is 0 Å². The van der Waals surface area contributed by atoms with Crippen molar-refractivity contribution in [3.63, 3.8) is 0 Å². The van der Waals surface area contributed by atoms with Crippen LogP contribution in [0.5, 0.6) is 0 Å². The highest BCUT2D eigenvalue weighted by atomic mass is 79.9. The molecule has 1 heterocycles. The van der Waals surface area contributed by atoms with Crippen LogP contribution in [0.4, 0.5) is 4.39 Å². The van der Waals surface area contributed by atoms with E-state index in [4.69, 9.17) is 0 Å². The monoisotopic (exact) mass is 355 g/mol. The second-order valence-electron chi connectivity index (χ2n) is 4.79. The summed E-state index contributed by atoms with van der Waals surface area (Å²) < 4.78 is 14.5. The first-order valence-corrected chi connectivity index (χ1v) is 7.79. The van der Waals surface area contributed by atoms with Gasteiger partial charge < -0.3 is 5.32 Å². The van der Waals surface area contributed by atoms with Crippen LogP contribution in [-0.4, -0.2) is 5.91 Å². The molecule has 2 nitrogen and oxygen atoms in total. The standard InChI is InChI=1S/C15H15BrFNOS/c1-8-4-11(5-9(2)13(8)17)7-18-15(19)12-6-10(3)14(16)20-12/h4-6H,7H2,1-3H3,(H,18,19). The minimum Gasteiger partial charge on any atom is -0.347 e. The summed E-state index contributed by atoms with van der Waals surface area (Å²) in [7, 11) is 0. The molecule has 1 N–H and O–H groups in total. The first-order chi connectivity index (χ1) is 9.38. The zero-order chi connectivity index (χ0) is 14.9. The summed E-state index contributed by atoms with van der Waals surface area (Å²) in [5.41, 5.74) is 3.16. The smallest absolute Gasteiger partial charge is 0.261 e. The molecule has 0 radical (unpaired) electrons. The van der Waals surface area contributed by atoms with Crippen molar-refractivity contribution in [2.45, 2.75) is 27.3 Å². The second kappa shape index (κ2) is 6.06. The Bertz CT molecular complexity index is 623. The van der Waals surface area contributed by atoms with Crippen molar-refractivity contribution in [1.82, 2.24) is 5.32 Å². The number of benzene rings is 1. The molecule has 2 aromatic rings. The molecule has 1 amide bonds. The number of rotatable bonds is 3. The Morgan fingerprint density at radius 3 is 2.30 bits per heavy atom. The van der Waals surface area contributed by atoms with Gasteiger partial charge >= 0.3 is 0 Å². The van der Waals surface area contributed by atoms with E-state index in [2.05, 4.69) is 21.2 Å². The molecule has 0 saturated heterocycles. The Labute approximate surface area is 130 Å². The van der Waals surface area contributed by atoms with E-state index >= 15 is 0 Å². The maximum atomic E-state index is 13.5. The molecular formula is C15H15BrFNOS. The highest BCUT2D eigenvalue weighted by molar-refractivity contribution is 9.11. The zero-order valence-electron chi connectivity index (χ0n) is 11.5. The minimum atomic E-state index is -0.183. The van der Waals surface area contributed by atoms with E-state index in [9.17, 15) is 9.18 Å². The maximum Gasteiger partial charge on any atom is 0.261 e. The summed E-state index contributed by atoms with van der Waals surface area (Å²) in [6.45, 7) is 5.81. The number of carbonyl (C=O) groups is 1. The quantitative estimate of drug-likeness (QED) is 0.862. The van der Waals surface area contributed by atoms with Gasteiger partial charge in [0.05, 0.1) is 8.66 Å². The van der Waals surface area contributed by atoms with Crippen LogP contribution in [0, 0.1) is 26.6 Å². The van der Waals surface area contributed by atoms with Gasteiger partial charge in [-0.1, -0.05) is 12.1 Å². The normalized spacial score (nSPS) is 10.7. The SMILES string of the molecule is Cc1cc(C(=O)NCc2cc(C)c(F)c(C)c2)sc1Br. The molecule has 0 unspecified atom stereocenters. The van der Waals surface area contributed by atoms with Gasteiger partial charge in [0.2, 0.25) is 0 Å². The lowest BCUT2D eigenvalue weighted by molar-refractivity contribution is 0.0955. The Kier molecular flexibility index (Phi) is 4.60. The lowest BCUT2D eigenvalue weighted by atomic mass is 10.1. The first kappa shape index (κ1) is 15.2. The van der Waals surface area contributed by atoms with Crippen molar-refractivity contribution in [2.75, 3.05) is 0 Å². The molecule has 106 valence electrons. The van der Waals surface area contributed by atoms with Crippen LogP contribution in [0.3, 0.4) is 0 Å². The Morgan fingerprint density at radius 1 is 1.20 bits per heavy atom. The number of hydrogen-bond acceptors (Lipinski definition) is 2. The summed E-state index contributed by atoms with van der Waals surface area (Å²) >= 11 is 4.82. The van der Waals surface area contributed by atoms with Crippen molar-refractivity contribution >= 4 is 33.2 Å². The lowest BCUT2D eigenvalue weighted by Crippen LogP contribution is -2.22. The van der Waals surface area contributed by atoms with Crippen molar-refractivity contribution in [3.05, 3.63) is 54.9 Å². The van der Waals surface area contributed by atoms with Crippen molar-refractivity contribution in [3.8, 4) is 0 Å². The summed E-state index contributed by atoms with van der Waals surface area (Å²) in [5, 5.41) is 2.86. The first-order valence-electron chi connectivity index (χ1n) is 6.18. The molecule has 0 saturated carbocycles. The average molecular weight is 356 g/mol. The third-order valence-corrected chi connectivity index (χ3v) is 5.17. The van der Waals surface area contributed by atoms with Gasteiger partial charge in [0.25, 0.3) is 5.91 Å². The van der Waals surface area contributed by atoms with Crippen molar-refractivity contribution < 1.29 is 9.18 Å². The highest BCUT2D eigenvalue weighted by Crippen LogP contribution is 2.27. The Balaban J connectivity index is 2.07. The summed E-state index contributed by atoms with van der Waals surface area (Å²) in [6.07, 6.45) is 0. The number of halogens is 2. The fourth-order valence-corrected chi connectivity index (χ4v) is 3.43. The predicted octanol–water partition coefficient (Wildman–Crippen LogP) is 4.50. The highest BCUT2D eigenvalue weighted by Gasteiger charge is 2.11. The third kappa shape index (κ3) is 3.27. The molecule has 0 atom stereocenters. The van der Waals surface area contributed by atoms with Gasteiger partial charge in [-0.05, 0) is 65.0 Å². The molecule has 5 heteroatoms. The van der Waals surface area contributed by atoms with E-state index in [1.165, 1.54) is 11.3 Å². The number of thiophene rings is 1. The van der Waals surface area contributed by atoms with E-state index in [0.717, 1.165) is 14.9 Å². The zero-order valence-corrected chi connectivity index (χ0v) is 13.9. The number of amides is 1. The molecule has 0 spiro atoms. The van der Waals surface area contributed by atoms with E-state index in [0.29, 0.717) is 22.5 Å². The molecule has 0 aliphatic heterocycles. The van der Waals surface area contributed by atoms with E-state index in [1.54, 1.807) is 26.0 Å². The van der Waals surface area contributed by atoms with Gasteiger partial charge in [0.1, 0.15) is 5.82 Å². The number of nitrogens with one attached hydrogen (secondary N) is 1. The van der Waals surface area contributed by atoms with Gasteiger partial charge in [0, 0.05) is 6.54 Å². The summed E-state index contributed by atoms with van der Waals surface area (Å²) in [5.74, 6) is -0.290. The lowest BCUT2D eigenvalue weighted by Gasteiger charge is -2.08. The molecule has 0 fully saturated rings. The molecule has 1 aromatic heterocycles. The minimum absolute atomic E-state index is 0.108. The van der Waals surface area contributed by atoms with E-state index in [1.807, 2.05) is 13.0 Å². The fraction of sp³-hybridized carbons (Fsp3) is 0.267. The molecule has 1 aromatic carbocycles. The van der Waals surface area contributed by atoms with Crippen LogP contribution >= 0.6 is 27.3 Å². The summed E-state index contributed by atoms with van der Waals surface area (Å²) in [6, 6.07) is 5.38. The molecule has 20 heavy (non-hydrogen) atoms. The van der Waals surface area contributed by atoms with Crippen LogP contribution in [0.1, 0.15) is 31.9 Å². The van der Waals surface area contributed by atoms with Gasteiger partial charge in [-0.3, -0.25) is 4.79 Å². The predicted molar refractivity (Wildman–Crippen MR) is 83.8 cm³/mol. The van der Waals surface area contributed by atoms with Crippen LogP contribution in [0.15, 0.2) is 22.0 Å². The summed E-state index contributed by atoms with van der Waals surface area (Å²) in [4.78, 5) is 12.7. The van der Waals surface area contributed by atoms with Gasteiger partial charge in [-0.15, -0.1) is 11.3 Å².